The van der Waals surface area contributed by atoms with Crippen molar-refractivity contribution in [3.63, 3.8) is 0 Å². The van der Waals surface area contributed by atoms with Crippen LogP contribution >= 0.6 is 0 Å². The van der Waals surface area contributed by atoms with Crippen molar-refractivity contribution in [1.82, 2.24) is 0 Å². The maximum absolute atomic E-state index is 13.2. The van der Waals surface area contributed by atoms with Crippen LogP contribution < -0.4 is 4.90 Å². The molecule has 5 heteroatoms. The van der Waals surface area contributed by atoms with Crippen LogP contribution in [0.25, 0.3) is 0 Å². The van der Waals surface area contributed by atoms with E-state index >= 15 is 0 Å². The van der Waals surface area contributed by atoms with Gasteiger partial charge in [-0.25, -0.2) is 8.78 Å². The fourth-order valence-corrected chi connectivity index (χ4v) is 2.44. The normalized spacial score (nSPS) is 13.8. The summed E-state index contributed by atoms with van der Waals surface area (Å²) in [4.78, 5) is 25.2. The molecule has 0 saturated carbocycles. The lowest BCUT2D eigenvalue weighted by Gasteiger charge is -2.18. The number of anilines is 1. The largest absolute Gasteiger partial charge is 0.300 e. The topological polar surface area (TPSA) is 37.4 Å². The van der Waals surface area contributed by atoms with E-state index in [0.717, 1.165) is 11.6 Å². The van der Waals surface area contributed by atoms with Crippen LogP contribution in [0.1, 0.15) is 21.5 Å². The van der Waals surface area contributed by atoms with Gasteiger partial charge in [-0.2, -0.15) is 0 Å². The lowest BCUT2D eigenvalue weighted by Crippen LogP contribution is -2.29. The van der Waals surface area contributed by atoms with Gasteiger partial charge in [-0.15, -0.1) is 0 Å². The second kappa shape index (κ2) is 4.77. The van der Waals surface area contributed by atoms with Crippen molar-refractivity contribution in [2.24, 2.45) is 0 Å². The van der Waals surface area contributed by atoms with Crippen molar-refractivity contribution < 1.29 is 18.4 Å². The molecule has 3 nitrogen and oxygen atoms in total. The Morgan fingerprint density at radius 3 is 2.38 bits per heavy atom. The van der Waals surface area contributed by atoms with E-state index in [1.165, 1.54) is 29.2 Å². The first kappa shape index (κ1) is 13.4. The number of halogens is 2. The van der Waals surface area contributed by atoms with Gasteiger partial charge in [0, 0.05) is 0 Å². The molecule has 21 heavy (non-hydrogen) atoms. The van der Waals surface area contributed by atoms with Gasteiger partial charge in [0.2, 0.25) is 0 Å². The minimum atomic E-state index is -0.718. The van der Waals surface area contributed by atoms with E-state index in [4.69, 9.17) is 0 Å². The summed E-state index contributed by atoms with van der Waals surface area (Å²) in [5.74, 6) is -2.33. The van der Waals surface area contributed by atoms with Gasteiger partial charge in [-0.3, -0.25) is 9.59 Å². The molecule has 1 amide bonds. The Morgan fingerprint density at radius 1 is 1.00 bits per heavy atom. The molecule has 0 radical (unpaired) electrons. The zero-order valence-corrected chi connectivity index (χ0v) is 11.2. The Labute approximate surface area is 119 Å². The minimum Gasteiger partial charge on any atom is -0.300 e. The number of hydrogen-bond donors (Lipinski definition) is 0. The number of benzene rings is 2. The third kappa shape index (κ3) is 2.20. The van der Waals surface area contributed by atoms with Gasteiger partial charge >= 0.3 is 0 Å². The summed E-state index contributed by atoms with van der Waals surface area (Å²) in [6.45, 7) is 1.88. The fraction of sp³-hybridized carbons (Fsp3) is 0.125. The third-order valence-corrected chi connectivity index (χ3v) is 3.57. The van der Waals surface area contributed by atoms with Crippen molar-refractivity contribution in [2.45, 2.75) is 13.5 Å². The highest BCUT2D eigenvalue weighted by atomic mass is 19.1. The monoisotopic (exact) mass is 287 g/mol. The van der Waals surface area contributed by atoms with E-state index in [-0.39, 0.29) is 17.9 Å². The van der Waals surface area contributed by atoms with Crippen LogP contribution in [0.15, 0.2) is 36.4 Å². The molecule has 1 heterocycles. The highest BCUT2D eigenvalue weighted by molar-refractivity contribution is 6.52. The average Bonchev–Trinajstić information content (AvgIpc) is 2.66. The number of rotatable bonds is 2. The summed E-state index contributed by atoms with van der Waals surface area (Å²) < 4.78 is 26.3. The number of fused-ring (bicyclic) bond motifs is 1. The Bertz CT molecular complexity index is 771. The number of carbonyl (C=O) groups excluding carboxylic acids is 2. The van der Waals surface area contributed by atoms with Crippen molar-refractivity contribution in [2.75, 3.05) is 4.90 Å². The molecule has 0 aliphatic carbocycles. The number of amides is 1. The molecule has 0 atom stereocenters. The SMILES string of the molecule is Cc1cc(F)ccc1CN1C(=O)C(=O)c2cc(F)ccc21. The molecular formula is C16H11F2NO2. The van der Waals surface area contributed by atoms with E-state index in [1.54, 1.807) is 13.0 Å². The van der Waals surface area contributed by atoms with Gasteiger partial charge in [0.1, 0.15) is 11.6 Å². The van der Waals surface area contributed by atoms with Gasteiger partial charge in [0.25, 0.3) is 11.7 Å². The second-order valence-electron chi connectivity index (χ2n) is 4.95. The van der Waals surface area contributed by atoms with Crippen molar-refractivity contribution in [3.05, 3.63) is 64.7 Å². The zero-order chi connectivity index (χ0) is 15.1. The summed E-state index contributed by atoms with van der Waals surface area (Å²) in [6, 6.07) is 7.91. The summed E-state index contributed by atoms with van der Waals surface area (Å²) in [5, 5.41) is 0. The first-order chi connectivity index (χ1) is 9.97. The highest BCUT2D eigenvalue weighted by Gasteiger charge is 2.36. The van der Waals surface area contributed by atoms with Crippen molar-refractivity contribution >= 4 is 17.4 Å². The van der Waals surface area contributed by atoms with E-state index < -0.39 is 17.5 Å². The van der Waals surface area contributed by atoms with Crippen LogP contribution in [0.4, 0.5) is 14.5 Å². The molecular weight excluding hydrogens is 276 g/mol. The van der Waals surface area contributed by atoms with E-state index in [2.05, 4.69) is 0 Å². The van der Waals surface area contributed by atoms with Crippen molar-refractivity contribution in [1.29, 1.82) is 0 Å². The molecule has 2 aromatic rings. The molecule has 0 bridgehead atoms. The lowest BCUT2D eigenvalue weighted by molar-refractivity contribution is -0.114. The molecule has 0 aromatic heterocycles. The van der Waals surface area contributed by atoms with Gasteiger partial charge in [-0.05, 0) is 48.4 Å². The van der Waals surface area contributed by atoms with E-state index in [0.29, 0.717) is 11.3 Å². The van der Waals surface area contributed by atoms with Crippen LogP contribution in [-0.4, -0.2) is 11.7 Å². The molecule has 1 aliphatic rings. The molecule has 0 unspecified atom stereocenters. The first-order valence-electron chi connectivity index (χ1n) is 6.38. The van der Waals surface area contributed by atoms with Gasteiger partial charge in [0.05, 0.1) is 17.8 Å². The quantitative estimate of drug-likeness (QED) is 0.796. The van der Waals surface area contributed by atoms with Gasteiger partial charge in [-0.1, -0.05) is 6.07 Å². The predicted molar refractivity (Wildman–Crippen MR) is 73.1 cm³/mol. The summed E-state index contributed by atoms with van der Waals surface area (Å²) >= 11 is 0. The second-order valence-corrected chi connectivity index (χ2v) is 4.95. The number of Topliss-reactive ketones (excluding diaryl/α,β-unsaturated/α-hetero) is 1. The summed E-state index contributed by atoms with van der Waals surface area (Å²) in [7, 11) is 0. The molecule has 0 saturated heterocycles. The number of carbonyl (C=O) groups is 2. The minimum absolute atomic E-state index is 0.0692. The van der Waals surface area contributed by atoms with E-state index in [9.17, 15) is 18.4 Å². The summed E-state index contributed by atoms with van der Waals surface area (Å²) in [6.07, 6.45) is 0. The fourth-order valence-electron chi connectivity index (χ4n) is 2.44. The van der Waals surface area contributed by atoms with Crippen LogP contribution in [0, 0.1) is 18.6 Å². The molecule has 3 rings (SSSR count). The maximum atomic E-state index is 13.2. The molecule has 0 spiro atoms. The highest BCUT2D eigenvalue weighted by Crippen LogP contribution is 2.31. The Morgan fingerprint density at radius 2 is 1.67 bits per heavy atom. The number of nitrogens with zero attached hydrogens (tertiary/aromatic N) is 1. The third-order valence-electron chi connectivity index (χ3n) is 3.57. The van der Waals surface area contributed by atoms with Gasteiger partial charge in [0.15, 0.2) is 0 Å². The standard InChI is InChI=1S/C16H11F2NO2/c1-9-6-11(17)3-2-10(9)8-19-14-5-4-12(18)7-13(14)15(20)16(19)21/h2-7H,8H2,1H3. The lowest BCUT2D eigenvalue weighted by atomic mass is 10.1. The Kier molecular flexibility index (Phi) is 3.05. The summed E-state index contributed by atoms with van der Waals surface area (Å²) in [5.41, 5.74) is 1.87. The van der Waals surface area contributed by atoms with Crippen molar-refractivity contribution in [3.8, 4) is 0 Å². The van der Waals surface area contributed by atoms with E-state index in [1.807, 2.05) is 0 Å². The van der Waals surface area contributed by atoms with Crippen LogP contribution in [0.3, 0.4) is 0 Å². The van der Waals surface area contributed by atoms with Crippen LogP contribution in [-0.2, 0) is 11.3 Å². The smallest absolute Gasteiger partial charge is 0.299 e. The van der Waals surface area contributed by atoms with Gasteiger partial charge < -0.3 is 4.90 Å². The average molecular weight is 287 g/mol. The molecule has 2 aromatic carbocycles. The molecule has 0 fully saturated rings. The number of aryl methyl sites for hydroxylation is 1. The first-order valence-corrected chi connectivity index (χ1v) is 6.38. The number of ketones is 1. The zero-order valence-electron chi connectivity index (χ0n) is 11.2. The predicted octanol–water partition coefficient (Wildman–Crippen LogP) is 3.00. The molecule has 1 aliphatic heterocycles. The van der Waals surface area contributed by atoms with Crippen LogP contribution in [0.5, 0.6) is 0 Å². The van der Waals surface area contributed by atoms with Crippen LogP contribution in [0.2, 0.25) is 0 Å². The number of hydrogen-bond acceptors (Lipinski definition) is 2. The Hall–Kier alpha value is -2.56. The molecule has 106 valence electrons. The Balaban J connectivity index is 2.00. The maximum Gasteiger partial charge on any atom is 0.299 e. The molecule has 0 N–H and O–H groups in total.